The monoisotopic (exact) mass is 235 g/mol. The van der Waals surface area contributed by atoms with E-state index in [1.54, 1.807) is 10.4 Å². The predicted octanol–water partition coefficient (Wildman–Crippen LogP) is 3.90. The van der Waals surface area contributed by atoms with Crippen molar-refractivity contribution in [2.75, 3.05) is 0 Å². The van der Waals surface area contributed by atoms with E-state index in [0.29, 0.717) is 6.04 Å². The normalized spacial score (nSPS) is 32.4. The van der Waals surface area contributed by atoms with E-state index in [1.165, 1.54) is 38.5 Å². The molecule has 0 aromatic carbocycles. The summed E-state index contributed by atoms with van der Waals surface area (Å²) >= 11 is 1.95. The van der Waals surface area contributed by atoms with Crippen molar-refractivity contribution in [3.05, 3.63) is 21.9 Å². The molecular formula is C14H21NS. The van der Waals surface area contributed by atoms with Crippen molar-refractivity contribution < 1.29 is 0 Å². The zero-order valence-corrected chi connectivity index (χ0v) is 10.9. The Balaban J connectivity index is 1.61. The predicted molar refractivity (Wildman–Crippen MR) is 69.9 cm³/mol. The molecule has 2 aliphatic carbocycles. The third-order valence-corrected chi connectivity index (χ3v) is 5.05. The molecule has 3 unspecified atom stereocenters. The molecule has 3 atom stereocenters. The van der Waals surface area contributed by atoms with Gasteiger partial charge in [0, 0.05) is 17.0 Å². The molecule has 1 aromatic rings. The Morgan fingerprint density at radius 1 is 1.50 bits per heavy atom. The average molecular weight is 235 g/mol. The summed E-state index contributed by atoms with van der Waals surface area (Å²) in [5.74, 6) is 0.981. The number of aryl methyl sites for hydroxylation is 1. The van der Waals surface area contributed by atoms with Crippen molar-refractivity contribution in [1.82, 2.24) is 5.32 Å². The Morgan fingerprint density at radius 2 is 2.44 bits per heavy atom. The van der Waals surface area contributed by atoms with Gasteiger partial charge >= 0.3 is 0 Å². The van der Waals surface area contributed by atoms with Crippen molar-refractivity contribution in [3.63, 3.8) is 0 Å². The van der Waals surface area contributed by atoms with Gasteiger partial charge in [-0.15, -0.1) is 11.3 Å². The number of thiophene rings is 1. The molecule has 0 saturated heterocycles. The molecule has 0 amide bonds. The van der Waals surface area contributed by atoms with E-state index in [0.717, 1.165) is 12.0 Å². The van der Waals surface area contributed by atoms with Crippen LogP contribution in [0.15, 0.2) is 11.4 Å². The molecular weight excluding hydrogens is 214 g/mol. The summed E-state index contributed by atoms with van der Waals surface area (Å²) in [5.41, 5.74) is 1.61. The van der Waals surface area contributed by atoms with Crippen LogP contribution in [0.2, 0.25) is 0 Å². The van der Waals surface area contributed by atoms with E-state index in [2.05, 4.69) is 23.7 Å². The summed E-state index contributed by atoms with van der Waals surface area (Å²) in [6.07, 6.45) is 8.21. The minimum absolute atomic E-state index is 0.668. The first-order valence-electron chi connectivity index (χ1n) is 6.70. The number of hydrogen-bond donors (Lipinski definition) is 1. The van der Waals surface area contributed by atoms with Crippen LogP contribution in [-0.4, -0.2) is 6.04 Å². The fourth-order valence-electron chi connectivity index (χ4n) is 3.06. The molecule has 2 aliphatic rings. The molecule has 0 aliphatic heterocycles. The van der Waals surface area contributed by atoms with Crippen LogP contribution in [0, 0.1) is 5.92 Å². The van der Waals surface area contributed by atoms with E-state index >= 15 is 0 Å². The summed E-state index contributed by atoms with van der Waals surface area (Å²) in [5, 5.41) is 6.14. The second-order valence-corrected chi connectivity index (χ2v) is 6.30. The van der Waals surface area contributed by atoms with Crippen molar-refractivity contribution in [1.29, 1.82) is 0 Å². The van der Waals surface area contributed by atoms with E-state index in [4.69, 9.17) is 0 Å². The highest BCUT2D eigenvalue weighted by molar-refractivity contribution is 7.10. The molecule has 0 radical (unpaired) electrons. The largest absolute Gasteiger partial charge is 0.307 e. The third-order valence-electron chi connectivity index (χ3n) is 4.05. The standard InChI is InChI=1S/C14H21NS/c1-2-4-10-9-13(10)15-12-5-3-6-14-11(12)7-8-16-14/h7-8,10,12-13,15H,2-6,9H2,1H3. The summed E-state index contributed by atoms with van der Waals surface area (Å²) < 4.78 is 0. The van der Waals surface area contributed by atoms with Crippen LogP contribution < -0.4 is 5.32 Å². The van der Waals surface area contributed by atoms with Crippen molar-refractivity contribution in [3.8, 4) is 0 Å². The Hall–Kier alpha value is -0.340. The van der Waals surface area contributed by atoms with Crippen LogP contribution in [0.5, 0.6) is 0 Å². The van der Waals surface area contributed by atoms with Gasteiger partial charge < -0.3 is 5.32 Å². The molecule has 0 spiro atoms. The molecule has 88 valence electrons. The van der Waals surface area contributed by atoms with Crippen LogP contribution >= 0.6 is 11.3 Å². The number of rotatable bonds is 4. The fourth-order valence-corrected chi connectivity index (χ4v) is 4.05. The molecule has 3 rings (SSSR count). The van der Waals surface area contributed by atoms with E-state index in [1.807, 2.05) is 11.3 Å². The van der Waals surface area contributed by atoms with Crippen LogP contribution in [-0.2, 0) is 6.42 Å². The second kappa shape index (κ2) is 4.50. The van der Waals surface area contributed by atoms with Crippen molar-refractivity contribution in [2.24, 2.45) is 5.92 Å². The van der Waals surface area contributed by atoms with Gasteiger partial charge in [0.1, 0.15) is 0 Å². The first-order valence-corrected chi connectivity index (χ1v) is 7.58. The molecule has 2 heteroatoms. The Kier molecular flexibility index (Phi) is 3.03. The Bertz CT molecular complexity index is 357. The highest BCUT2D eigenvalue weighted by atomic mass is 32.1. The quantitative estimate of drug-likeness (QED) is 0.834. The summed E-state index contributed by atoms with van der Waals surface area (Å²) in [4.78, 5) is 1.64. The minimum atomic E-state index is 0.668. The summed E-state index contributed by atoms with van der Waals surface area (Å²) in [7, 11) is 0. The molecule has 0 bridgehead atoms. The lowest BCUT2D eigenvalue weighted by Gasteiger charge is -2.24. The van der Waals surface area contributed by atoms with E-state index < -0.39 is 0 Å². The molecule has 16 heavy (non-hydrogen) atoms. The highest BCUT2D eigenvalue weighted by Gasteiger charge is 2.38. The second-order valence-electron chi connectivity index (χ2n) is 5.30. The first-order chi connectivity index (χ1) is 7.88. The lowest BCUT2D eigenvalue weighted by atomic mass is 9.94. The van der Waals surface area contributed by atoms with Gasteiger partial charge in [-0.2, -0.15) is 0 Å². The molecule has 1 N–H and O–H groups in total. The van der Waals surface area contributed by atoms with Gasteiger partial charge in [0.25, 0.3) is 0 Å². The van der Waals surface area contributed by atoms with E-state index in [9.17, 15) is 0 Å². The van der Waals surface area contributed by atoms with Gasteiger partial charge in [-0.05, 0) is 55.0 Å². The summed E-state index contributed by atoms with van der Waals surface area (Å²) in [6.45, 7) is 2.30. The van der Waals surface area contributed by atoms with Gasteiger partial charge in [0.15, 0.2) is 0 Å². The molecule has 1 heterocycles. The van der Waals surface area contributed by atoms with Crippen molar-refractivity contribution in [2.45, 2.75) is 57.5 Å². The lowest BCUT2D eigenvalue weighted by Crippen LogP contribution is -2.27. The maximum Gasteiger partial charge on any atom is 0.0333 e. The first kappa shape index (κ1) is 10.8. The smallest absolute Gasteiger partial charge is 0.0333 e. The Morgan fingerprint density at radius 3 is 3.31 bits per heavy atom. The maximum absolute atomic E-state index is 3.88. The van der Waals surface area contributed by atoms with Crippen LogP contribution in [0.1, 0.15) is 55.5 Å². The SMILES string of the molecule is CCCC1CC1NC1CCCc2sccc21. The molecule has 1 nitrogen and oxygen atoms in total. The van der Waals surface area contributed by atoms with E-state index in [-0.39, 0.29) is 0 Å². The maximum atomic E-state index is 3.88. The highest BCUT2D eigenvalue weighted by Crippen LogP contribution is 2.40. The van der Waals surface area contributed by atoms with Gasteiger partial charge in [-0.25, -0.2) is 0 Å². The number of nitrogens with one attached hydrogen (secondary N) is 1. The topological polar surface area (TPSA) is 12.0 Å². The van der Waals surface area contributed by atoms with Gasteiger partial charge in [0.05, 0.1) is 0 Å². The zero-order valence-electron chi connectivity index (χ0n) is 10.0. The molecule has 1 aromatic heterocycles. The van der Waals surface area contributed by atoms with Crippen molar-refractivity contribution >= 4 is 11.3 Å². The van der Waals surface area contributed by atoms with Crippen LogP contribution in [0.3, 0.4) is 0 Å². The lowest BCUT2D eigenvalue weighted by molar-refractivity contribution is 0.445. The number of fused-ring (bicyclic) bond motifs is 1. The number of hydrogen-bond acceptors (Lipinski definition) is 2. The van der Waals surface area contributed by atoms with Crippen LogP contribution in [0.25, 0.3) is 0 Å². The Labute approximate surface area is 102 Å². The summed E-state index contributed by atoms with van der Waals surface area (Å²) in [6, 6.07) is 3.84. The molecule has 1 fully saturated rings. The zero-order chi connectivity index (χ0) is 11.0. The van der Waals surface area contributed by atoms with Gasteiger partial charge in [-0.1, -0.05) is 13.3 Å². The molecule has 1 saturated carbocycles. The van der Waals surface area contributed by atoms with Gasteiger partial charge in [-0.3, -0.25) is 0 Å². The fraction of sp³-hybridized carbons (Fsp3) is 0.714. The minimum Gasteiger partial charge on any atom is -0.307 e. The third kappa shape index (κ3) is 2.05. The van der Waals surface area contributed by atoms with Gasteiger partial charge in [0.2, 0.25) is 0 Å². The van der Waals surface area contributed by atoms with Crippen LogP contribution in [0.4, 0.5) is 0 Å². The average Bonchev–Trinajstić information content (AvgIpc) is 2.83.